The third-order valence-electron chi connectivity index (χ3n) is 3.71. The lowest BCUT2D eigenvalue weighted by Gasteiger charge is -2.08. The largest absolute Gasteiger partial charge is 0.351 e. The minimum Gasteiger partial charge on any atom is -0.351 e. The van der Waals surface area contributed by atoms with E-state index in [9.17, 15) is 9.59 Å². The van der Waals surface area contributed by atoms with Crippen molar-refractivity contribution < 1.29 is 9.59 Å². The molecule has 2 amide bonds. The van der Waals surface area contributed by atoms with Crippen LogP contribution in [0.4, 0.5) is 5.69 Å². The summed E-state index contributed by atoms with van der Waals surface area (Å²) in [6.45, 7) is 8.97. The van der Waals surface area contributed by atoms with Crippen LogP contribution in [0.1, 0.15) is 52.2 Å². The van der Waals surface area contributed by atoms with E-state index in [2.05, 4.69) is 15.7 Å². The predicted molar refractivity (Wildman–Crippen MR) is 94.4 cm³/mol. The van der Waals surface area contributed by atoms with Crippen molar-refractivity contribution in [2.24, 2.45) is 0 Å². The zero-order chi connectivity index (χ0) is 17.7. The van der Waals surface area contributed by atoms with Crippen LogP contribution in [0, 0.1) is 13.8 Å². The topological polar surface area (TPSA) is 76.0 Å². The van der Waals surface area contributed by atoms with Gasteiger partial charge in [0.1, 0.15) is 0 Å². The third-order valence-corrected chi connectivity index (χ3v) is 3.71. The summed E-state index contributed by atoms with van der Waals surface area (Å²) >= 11 is 0. The number of nitrogens with zero attached hydrogens (tertiary/aromatic N) is 2. The summed E-state index contributed by atoms with van der Waals surface area (Å²) in [5.41, 5.74) is 3.25. The summed E-state index contributed by atoms with van der Waals surface area (Å²) in [5, 5.41) is 9.86. The smallest absolute Gasteiger partial charge is 0.273 e. The number of carbonyl (C=O) groups excluding carboxylic acids is 2. The molecule has 128 valence electrons. The number of anilines is 1. The Bertz CT molecular complexity index is 749. The van der Waals surface area contributed by atoms with Crippen LogP contribution in [0.25, 0.3) is 0 Å². The van der Waals surface area contributed by atoms with Crippen molar-refractivity contribution in [2.75, 3.05) is 11.9 Å². The number of hydrogen-bond donors (Lipinski definition) is 2. The molecule has 24 heavy (non-hydrogen) atoms. The van der Waals surface area contributed by atoms with Crippen molar-refractivity contribution in [3.63, 3.8) is 0 Å². The molecule has 0 aliphatic carbocycles. The lowest BCUT2D eigenvalue weighted by atomic mass is 10.1. The fourth-order valence-electron chi connectivity index (χ4n) is 2.42. The molecule has 0 spiro atoms. The Labute approximate surface area is 142 Å². The molecule has 0 bridgehead atoms. The molecule has 2 aromatic rings. The number of amides is 2. The Balaban J connectivity index is 2.26. The first-order valence-electron chi connectivity index (χ1n) is 8.20. The molecule has 6 nitrogen and oxygen atoms in total. The average molecular weight is 328 g/mol. The van der Waals surface area contributed by atoms with E-state index in [4.69, 9.17) is 0 Å². The first-order chi connectivity index (χ1) is 11.5. The number of benzene rings is 1. The second-order valence-electron chi connectivity index (χ2n) is 5.78. The van der Waals surface area contributed by atoms with Crippen molar-refractivity contribution in [3.05, 3.63) is 46.8 Å². The molecule has 1 aromatic heterocycles. The SMILES string of the molecule is CCCNC(=O)c1nn(CC)cc1NC(=O)c1ccc(C)cc1C. The average Bonchev–Trinajstić information content (AvgIpc) is 2.95. The monoisotopic (exact) mass is 328 g/mol. The summed E-state index contributed by atoms with van der Waals surface area (Å²) in [6, 6.07) is 5.65. The van der Waals surface area contributed by atoms with E-state index in [1.54, 1.807) is 16.9 Å². The van der Waals surface area contributed by atoms with Gasteiger partial charge in [0, 0.05) is 24.8 Å². The summed E-state index contributed by atoms with van der Waals surface area (Å²) in [6.07, 6.45) is 2.52. The summed E-state index contributed by atoms with van der Waals surface area (Å²) in [4.78, 5) is 24.8. The van der Waals surface area contributed by atoms with Crippen LogP contribution in [0.3, 0.4) is 0 Å². The quantitative estimate of drug-likeness (QED) is 0.856. The molecule has 0 fully saturated rings. The molecule has 0 unspecified atom stereocenters. The normalized spacial score (nSPS) is 10.5. The van der Waals surface area contributed by atoms with Crippen LogP contribution in [0.15, 0.2) is 24.4 Å². The zero-order valence-electron chi connectivity index (χ0n) is 14.6. The van der Waals surface area contributed by atoms with Gasteiger partial charge in [-0.25, -0.2) is 0 Å². The van der Waals surface area contributed by atoms with Gasteiger partial charge in [0.15, 0.2) is 5.69 Å². The minimum absolute atomic E-state index is 0.239. The molecule has 2 N–H and O–H groups in total. The molecular weight excluding hydrogens is 304 g/mol. The second kappa shape index (κ2) is 7.77. The number of rotatable bonds is 6. The summed E-state index contributed by atoms with van der Waals surface area (Å²) in [5.74, 6) is -0.521. The van der Waals surface area contributed by atoms with Crippen molar-refractivity contribution in [1.29, 1.82) is 0 Å². The van der Waals surface area contributed by atoms with E-state index < -0.39 is 0 Å². The Morgan fingerprint density at radius 2 is 1.92 bits per heavy atom. The van der Waals surface area contributed by atoms with Gasteiger partial charge < -0.3 is 10.6 Å². The van der Waals surface area contributed by atoms with Crippen LogP contribution in [-0.2, 0) is 6.54 Å². The molecule has 0 radical (unpaired) electrons. The number of nitrogens with one attached hydrogen (secondary N) is 2. The molecule has 0 atom stereocenters. The maximum atomic E-state index is 12.6. The van der Waals surface area contributed by atoms with Gasteiger partial charge in [0.2, 0.25) is 0 Å². The highest BCUT2D eigenvalue weighted by Gasteiger charge is 2.19. The summed E-state index contributed by atoms with van der Waals surface area (Å²) in [7, 11) is 0. The van der Waals surface area contributed by atoms with Crippen LogP contribution >= 0.6 is 0 Å². The molecule has 1 aromatic carbocycles. The van der Waals surface area contributed by atoms with Gasteiger partial charge in [-0.1, -0.05) is 24.6 Å². The molecule has 6 heteroatoms. The van der Waals surface area contributed by atoms with E-state index in [0.717, 1.165) is 17.5 Å². The minimum atomic E-state index is -0.278. The van der Waals surface area contributed by atoms with Crippen molar-refractivity contribution in [1.82, 2.24) is 15.1 Å². The zero-order valence-corrected chi connectivity index (χ0v) is 14.6. The predicted octanol–water partition coefficient (Wildman–Crippen LogP) is 2.91. The maximum absolute atomic E-state index is 12.6. The number of hydrogen-bond acceptors (Lipinski definition) is 3. The highest BCUT2D eigenvalue weighted by molar-refractivity contribution is 6.08. The van der Waals surface area contributed by atoms with Gasteiger partial charge in [-0.2, -0.15) is 5.10 Å². The van der Waals surface area contributed by atoms with Crippen LogP contribution in [-0.4, -0.2) is 28.1 Å². The van der Waals surface area contributed by atoms with Crippen molar-refractivity contribution in [2.45, 2.75) is 40.7 Å². The van der Waals surface area contributed by atoms with Gasteiger partial charge in [0.25, 0.3) is 11.8 Å². The van der Waals surface area contributed by atoms with E-state index in [0.29, 0.717) is 24.3 Å². The lowest BCUT2D eigenvalue weighted by molar-refractivity contribution is 0.0948. The van der Waals surface area contributed by atoms with Crippen LogP contribution < -0.4 is 10.6 Å². The Morgan fingerprint density at radius 1 is 1.17 bits per heavy atom. The van der Waals surface area contributed by atoms with E-state index in [1.165, 1.54) is 0 Å². The fourth-order valence-corrected chi connectivity index (χ4v) is 2.42. The third kappa shape index (κ3) is 4.01. The summed E-state index contributed by atoms with van der Waals surface area (Å²) < 4.78 is 1.64. The molecule has 0 aliphatic heterocycles. The molecule has 2 rings (SSSR count). The Kier molecular flexibility index (Phi) is 5.73. The first-order valence-corrected chi connectivity index (χ1v) is 8.20. The molecule has 0 saturated heterocycles. The van der Waals surface area contributed by atoms with Crippen LogP contribution in [0.2, 0.25) is 0 Å². The first kappa shape index (κ1) is 17.7. The van der Waals surface area contributed by atoms with Crippen LogP contribution in [0.5, 0.6) is 0 Å². The molecule has 1 heterocycles. The van der Waals surface area contributed by atoms with E-state index >= 15 is 0 Å². The highest BCUT2D eigenvalue weighted by Crippen LogP contribution is 2.17. The van der Waals surface area contributed by atoms with E-state index in [-0.39, 0.29) is 17.5 Å². The van der Waals surface area contributed by atoms with Gasteiger partial charge in [0.05, 0.1) is 5.69 Å². The van der Waals surface area contributed by atoms with Gasteiger partial charge in [-0.3, -0.25) is 14.3 Å². The second-order valence-corrected chi connectivity index (χ2v) is 5.78. The van der Waals surface area contributed by atoms with E-state index in [1.807, 2.05) is 39.8 Å². The Morgan fingerprint density at radius 3 is 2.54 bits per heavy atom. The van der Waals surface area contributed by atoms with Gasteiger partial charge in [-0.15, -0.1) is 0 Å². The molecule has 0 saturated carbocycles. The van der Waals surface area contributed by atoms with Gasteiger partial charge >= 0.3 is 0 Å². The fraction of sp³-hybridized carbons (Fsp3) is 0.389. The number of aromatic nitrogens is 2. The Hall–Kier alpha value is -2.63. The number of aryl methyl sites for hydroxylation is 3. The van der Waals surface area contributed by atoms with Crippen molar-refractivity contribution in [3.8, 4) is 0 Å². The van der Waals surface area contributed by atoms with Crippen molar-refractivity contribution >= 4 is 17.5 Å². The standard InChI is InChI=1S/C18H24N4O2/c1-5-9-19-18(24)16-15(11-22(6-2)21-16)20-17(23)14-8-7-12(3)10-13(14)4/h7-8,10-11H,5-6,9H2,1-4H3,(H,19,24)(H,20,23). The lowest BCUT2D eigenvalue weighted by Crippen LogP contribution is -2.26. The maximum Gasteiger partial charge on any atom is 0.273 e. The molecular formula is C18H24N4O2. The van der Waals surface area contributed by atoms with Gasteiger partial charge in [-0.05, 0) is 38.8 Å². The number of carbonyl (C=O) groups is 2. The highest BCUT2D eigenvalue weighted by atomic mass is 16.2. The molecule has 0 aliphatic rings.